The fraction of sp³-hybridized carbons (Fsp3) is 0.532. The summed E-state index contributed by atoms with van der Waals surface area (Å²) in [6, 6.07) is 20.3. The van der Waals surface area contributed by atoms with Gasteiger partial charge in [0.05, 0.1) is 37.0 Å². The molecule has 9 rings (SSSR count). The third kappa shape index (κ3) is 16.7. The van der Waals surface area contributed by atoms with Crippen LogP contribution in [-0.4, -0.2) is 213 Å². The topological polar surface area (TPSA) is 238 Å². The quantitative estimate of drug-likeness (QED) is 0.0648. The number of rotatable bonds is 21. The minimum atomic E-state index is -1.29. The van der Waals surface area contributed by atoms with Crippen molar-refractivity contribution < 1.29 is 42.9 Å². The minimum absolute atomic E-state index is 0.133. The number of nitrogens with one attached hydrogen (secondary N) is 3. The zero-order valence-electron chi connectivity index (χ0n) is 50.9. The number of likely N-dealkylation sites (N-methyl/N-ethyl adjacent to an activating group) is 1. The van der Waals surface area contributed by atoms with Crippen LogP contribution in [0, 0.1) is 0 Å². The molecular formula is C62H83ClN14O9. The van der Waals surface area contributed by atoms with Gasteiger partial charge in [0.15, 0.2) is 5.65 Å². The molecule has 3 N–H and O–H groups in total. The first-order valence-corrected chi connectivity index (χ1v) is 30.1. The molecule has 3 aliphatic heterocycles. The molecule has 0 unspecified atom stereocenters. The maximum atomic E-state index is 14.8. The Bertz CT molecular complexity index is 3280. The van der Waals surface area contributed by atoms with Crippen LogP contribution < -0.4 is 20.3 Å². The minimum Gasteiger partial charge on any atom is -0.492 e. The highest BCUT2D eigenvalue weighted by Crippen LogP contribution is 2.32. The number of piperidine rings is 2. The highest BCUT2D eigenvalue weighted by atomic mass is 35.5. The van der Waals surface area contributed by atoms with Gasteiger partial charge in [0, 0.05) is 88.8 Å². The second-order valence-electron chi connectivity index (χ2n) is 24.7. The number of anilines is 1. The van der Waals surface area contributed by atoms with Crippen molar-refractivity contribution in [1.82, 2.24) is 64.6 Å². The van der Waals surface area contributed by atoms with E-state index in [1.165, 1.54) is 11.2 Å². The number of benzene rings is 2. The molecule has 0 spiro atoms. The lowest BCUT2D eigenvalue weighted by Gasteiger charge is -2.42. The molecule has 86 heavy (non-hydrogen) atoms. The van der Waals surface area contributed by atoms with E-state index >= 15 is 0 Å². The molecule has 2 aromatic carbocycles. The third-order valence-corrected chi connectivity index (χ3v) is 15.9. The average Bonchev–Trinajstić information content (AvgIpc) is 2.49. The maximum Gasteiger partial charge on any atom is 0.410 e. The summed E-state index contributed by atoms with van der Waals surface area (Å²) in [6.07, 6.45) is 5.91. The molecule has 0 saturated carbocycles. The van der Waals surface area contributed by atoms with Crippen LogP contribution >= 0.6 is 11.6 Å². The molecule has 4 aromatic heterocycles. The number of hydrogen-bond donors (Lipinski definition) is 3. The van der Waals surface area contributed by atoms with Gasteiger partial charge in [0.25, 0.3) is 5.91 Å². The molecular weight excluding hydrogens is 1120 g/mol. The first-order valence-electron chi connectivity index (χ1n) is 29.8. The smallest absolute Gasteiger partial charge is 0.410 e. The van der Waals surface area contributed by atoms with E-state index in [0.29, 0.717) is 119 Å². The number of imidazole rings is 1. The number of pyridine rings is 1. The second-order valence-corrected chi connectivity index (χ2v) is 25.1. The Labute approximate surface area is 508 Å². The highest BCUT2D eigenvalue weighted by molar-refractivity contribution is 6.30. The molecule has 1 atom stereocenters. The lowest BCUT2D eigenvalue weighted by molar-refractivity contribution is -0.134. The van der Waals surface area contributed by atoms with E-state index in [1.807, 2.05) is 73.4 Å². The summed E-state index contributed by atoms with van der Waals surface area (Å²) in [5.41, 5.74) is 1.32. The fourth-order valence-electron chi connectivity index (χ4n) is 11.0. The summed E-state index contributed by atoms with van der Waals surface area (Å²) in [5, 5.41) is 7.74. The molecule has 3 aliphatic rings. The Morgan fingerprint density at radius 2 is 1.52 bits per heavy atom. The van der Waals surface area contributed by atoms with Gasteiger partial charge in [-0.05, 0) is 130 Å². The molecule has 6 aromatic rings. The van der Waals surface area contributed by atoms with Crippen molar-refractivity contribution in [3.63, 3.8) is 0 Å². The van der Waals surface area contributed by atoms with Gasteiger partial charge in [-0.25, -0.2) is 29.5 Å². The number of piperazine rings is 1. The molecule has 3 fully saturated rings. The zero-order chi connectivity index (χ0) is 61.2. The van der Waals surface area contributed by atoms with Crippen LogP contribution in [0.3, 0.4) is 0 Å². The monoisotopic (exact) mass is 1200 g/mol. The van der Waals surface area contributed by atoms with Crippen LogP contribution in [0.25, 0.3) is 22.2 Å². The number of fused-ring (bicyclic) bond motifs is 2. The third-order valence-electron chi connectivity index (χ3n) is 15.7. The number of aromatic nitrogens is 6. The van der Waals surface area contributed by atoms with Crippen LogP contribution in [0.4, 0.5) is 15.4 Å². The molecule has 23 nitrogen and oxygen atoms in total. The summed E-state index contributed by atoms with van der Waals surface area (Å²) < 4.78 is 25.8. The summed E-state index contributed by atoms with van der Waals surface area (Å²) in [6.45, 7) is 17.0. The number of H-pyrrole nitrogens is 1. The Morgan fingerprint density at radius 3 is 2.23 bits per heavy atom. The number of carbonyl (C=O) groups excluding carboxylic acids is 5. The van der Waals surface area contributed by atoms with E-state index in [4.69, 9.17) is 35.5 Å². The number of alkyl carbamates (subject to hydrolysis) is 1. The van der Waals surface area contributed by atoms with Crippen molar-refractivity contribution in [3.8, 4) is 5.75 Å². The number of ether oxygens (including phenoxy) is 4. The van der Waals surface area contributed by atoms with Gasteiger partial charge in [-0.1, -0.05) is 41.9 Å². The molecule has 24 heteroatoms. The first kappa shape index (κ1) is 62.9. The number of nitrogens with zero attached hydrogens (tertiary/aromatic N) is 11. The molecule has 0 radical (unpaired) electrons. The van der Waals surface area contributed by atoms with Crippen molar-refractivity contribution in [1.29, 1.82) is 0 Å². The summed E-state index contributed by atoms with van der Waals surface area (Å²) >= 11 is 6.36. The standard InChI is InChI=1S/C62H83ClN14O9/c1-60(2,3)85-58(81)70-62(23-29-74(30-24-62)54-47-19-25-64-53(47)65-41-66-54)57(80)69-48(43-13-15-45(63)16-14-43)22-26-72-31-33-73(34-32-72)52(78)40-76(59(82)86-61(4,5)6)36-38-83-46-20-27-75(28-21-46)56(79)50-18-17-49-55(68-50)77(42-67-49)39-44-11-9-10-12-51(44)84-37-35-71(7)8/h9-19,25,41-42,46,48H,20-24,26-40H2,1-8H3,(H,69,80)(H,70,81)(H,64,65,66)/t48-/m0/s1. The molecule has 7 heterocycles. The lowest BCUT2D eigenvalue weighted by Crippen LogP contribution is -2.64. The number of halogens is 1. The summed E-state index contributed by atoms with van der Waals surface area (Å²) in [7, 11) is 4.01. The maximum absolute atomic E-state index is 14.8. The zero-order valence-corrected chi connectivity index (χ0v) is 51.6. The van der Waals surface area contributed by atoms with E-state index in [2.05, 4.69) is 45.3 Å². The molecule has 3 saturated heterocycles. The van der Waals surface area contributed by atoms with Crippen LogP contribution in [0.5, 0.6) is 5.75 Å². The number of carbonyl (C=O) groups is 5. The van der Waals surface area contributed by atoms with Crippen molar-refractivity contribution in [2.45, 2.75) is 109 Å². The van der Waals surface area contributed by atoms with Gasteiger partial charge in [-0.2, -0.15) is 0 Å². The Morgan fingerprint density at radius 1 is 0.802 bits per heavy atom. The van der Waals surface area contributed by atoms with E-state index in [0.717, 1.165) is 34.6 Å². The van der Waals surface area contributed by atoms with E-state index in [9.17, 15) is 24.0 Å². The van der Waals surface area contributed by atoms with E-state index in [-0.39, 0.29) is 56.4 Å². The number of amides is 5. The van der Waals surface area contributed by atoms with Gasteiger partial charge in [0.2, 0.25) is 11.8 Å². The Kier molecular flexibility index (Phi) is 20.4. The SMILES string of the molecule is CN(C)CCOc1ccccc1Cn1cnc2ccc(C(=O)N3CCC(OCCN(CC(=O)N4CCN(CC[C@H](NC(=O)C5(NC(=O)OC(C)(C)C)CCN(c6ncnc7[nH]ccc67)CC5)c5ccc(Cl)cc5)CC4)C(=O)OC(C)(C)C)CC3)nc21. The predicted octanol–water partition coefficient (Wildman–Crippen LogP) is 7.16. The predicted molar refractivity (Wildman–Crippen MR) is 327 cm³/mol. The van der Waals surface area contributed by atoms with Crippen LogP contribution in [-0.2, 0) is 30.3 Å². The highest BCUT2D eigenvalue weighted by Gasteiger charge is 2.45. The van der Waals surface area contributed by atoms with Gasteiger partial charge in [-0.15, -0.1) is 0 Å². The number of aromatic amines is 1. The Balaban J connectivity index is 0.764. The van der Waals surface area contributed by atoms with E-state index < -0.39 is 35.0 Å². The average molecular weight is 1200 g/mol. The fourth-order valence-corrected chi connectivity index (χ4v) is 11.1. The van der Waals surface area contributed by atoms with Gasteiger partial charge < -0.3 is 58.7 Å². The summed E-state index contributed by atoms with van der Waals surface area (Å²) in [5.74, 6) is 0.844. The molecule has 0 bridgehead atoms. The van der Waals surface area contributed by atoms with Gasteiger partial charge >= 0.3 is 12.2 Å². The largest absolute Gasteiger partial charge is 0.492 e. The summed E-state index contributed by atoms with van der Waals surface area (Å²) in [4.78, 5) is 103. The first-order chi connectivity index (χ1) is 41.1. The number of hydrogen-bond acceptors (Lipinski definition) is 16. The van der Waals surface area contributed by atoms with E-state index in [1.54, 1.807) is 75.9 Å². The van der Waals surface area contributed by atoms with Gasteiger partial charge in [0.1, 0.15) is 64.6 Å². The van der Waals surface area contributed by atoms with Crippen molar-refractivity contribution in [3.05, 3.63) is 107 Å². The van der Waals surface area contributed by atoms with Crippen molar-refractivity contribution >= 4 is 69.5 Å². The van der Waals surface area contributed by atoms with Crippen LogP contribution in [0.1, 0.15) is 101 Å². The molecule has 462 valence electrons. The lowest BCUT2D eigenvalue weighted by atomic mass is 9.85. The van der Waals surface area contributed by atoms with Crippen LogP contribution in [0.2, 0.25) is 5.02 Å². The Hall–Kier alpha value is -7.60. The number of likely N-dealkylation sites (tertiary alicyclic amines) is 1. The van der Waals surface area contributed by atoms with Crippen molar-refractivity contribution in [2.75, 3.05) is 111 Å². The van der Waals surface area contributed by atoms with Crippen LogP contribution in [0.15, 0.2) is 85.6 Å². The molecule has 0 aliphatic carbocycles. The molecule has 5 amide bonds. The normalized spacial score (nSPS) is 16.5. The van der Waals surface area contributed by atoms with Gasteiger partial charge in [-0.3, -0.25) is 24.2 Å². The number of para-hydroxylation sites is 1. The second kappa shape index (κ2) is 27.8. The van der Waals surface area contributed by atoms with Crippen molar-refractivity contribution in [2.24, 2.45) is 0 Å².